The molecule has 5 heteroatoms. The van der Waals surface area contributed by atoms with Crippen molar-refractivity contribution < 1.29 is 9.18 Å². The van der Waals surface area contributed by atoms with Crippen LogP contribution in [0.3, 0.4) is 0 Å². The lowest BCUT2D eigenvalue weighted by molar-refractivity contribution is 0.0987. The third kappa shape index (κ3) is 3.05. The number of Topliss-reactive ketones (excluding diaryl/α,β-unsaturated/α-hetero) is 1. The van der Waals surface area contributed by atoms with Crippen LogP contribution in [0.4, 0.5) is 4.39 Å². The van der Waals surface area contributed by atoms with E-state index >= 15 is 0 Å². The van der Waals surface area contributed by atoms with Crippen LogP contribution in [0.25, 0.3) is 0 Å². The van der Waals surface area contributed by atoms with Gasteiger partial charge in [-0.15, -0.1) is 0 Å². The lowest BCUT2D eigenvalue weighted by Crippen LogP contribution is -2.09. The van der Waals surface area contributed by atoms with Crippen molar-refractivity contribution in [1.29, 1.82) is 0 Å². The number of halogens is 1. The van der Waals surface area contributed by atoms with Crippen molar-refractivity contribution in [3.8, 4) is 0 Å². The lowest BCUT2D eigenvalue weighted by atomic mass is 10.1. The largest absolute Gasteiger partial charge is 0.294 e. The van der Waals surface area contributed by atoms with E-state index in [9.17, 15) is 9.18 Å². The van der Waals surface area contributed by atoms with Crippen LogP contribution in [0, 0.1) is 5.82 Å². The van der Waals surface area contributed by atoms with E-state index in [1.54, 1.807) is 6.07 Å². The topological polar surface area (TPSA) is 47.8 Å². The molecule has 0 saturated heterocycles. The molecule has 100 valence electrons. The van der Waals surface area contributed by atoms with Gasteiger partial charge in [-0.2, -0.15) is 5.10 Å². The van der Waals surface area contributed by atoms with E-state index in [2.05, 4.69) is 23.9 Å². The van der Waals surface area contributed by atoms with Crippen molar-refractivity contribution in [3.05, 3.63) is 47.8 Å². The average Bonchev–Trinajstić information content (AvgIpc) is 2.86. The van der Waals surface area contributed by atoms with E-state index in [0.29, 0.717) is 11.7 Å². The zero-order chi connectivity index (χ0) is 13.8. The number of ketones is 1. The highest BCUT2D eigenvalue weighted by Crippen LogP contribution is 2.12. The maximum absolute atomic E-state index is 13.4. The number of hydrogen-bond acceptors (Lipinski definition) is 3. The molecule has 4 nitrogen and oxygen atoms in total. The number of carbonyl (C=O) groups is 1. The first-order valence-electron chi connectivity index (χ1n) is 6.28. The molecule has 1 unspecified atom stereocenters. The predicted octanol–water partition coefficient (Wildman–Crippen LogP) is 2.81. The second kappa shape index (κ2) is 5.73. The van der Waals surface area contributed by atoms with Crippen LogP contribution in [0.15, 0.2) is 30.7 Å². The average molecular weight is 261 g/mol. The van der Waals surface area contributed by atoms with Crippen molar-refractivity contribution in [3.63, 3.8) is 0 Å². The smallest absolute Gasteiger partial charge is 0.171 e. The minimum Gasteiger partial charge on any atom is -0.294 e. The quantitative estimate of drug-likeness (QED) is 0.777. The van der Waals surface area contributed by atoms with E-state index in [-0.39, 0.29) is 17.8 Å². The molecule has 19 heavy (non-hydrogen) atoms. The number of carbonyl (C=O) groups excluding carboxylic acids is 1. The lowest BCUT2D eigenvalue weighted by Gasteiger charge is -2.08. The van der Waals surface area contributed by atoms with Gasteiger partial charge in [0.1, 0.15) is 0 Å². The molecule has 0 spiro atoms. The molecule has 2 aromatic rings. The van der Waals surface area contributed by atoms with Crippen LogP contribution in [0.2, 0.25) is 0 Å². The van der Waals surface area contributed by atoms with E-state index in [4.69, 9.17) is 0 Å². The van der Waals surface area contributed by atoms with Gasteiger partial charge < -0.3 is 0 Å². The van der Waals surface area contributed by atoms with Crippen LogP contribution < -0.4 is 0 Å². The van der Waals surface area contributed by atoms with Gasteiger partial charge in [0.15, 0.2) is 11.6 Å². The van der Waals surface area contributed by atoms with E-state index < -0.39 is 5.82 Å². The number of rotatable bonds is 5. The molecule has 0 N–H and O–H groups in total. The second-order valence-corrected chi connectivity index (χ2v) is 4.50. The molecule has 2 heterocycles. The summed E-state index contributed by atoms with van der Waals surface area (Å²) in [5.41, 5.74) is 0.717. The minimum absolute atomic E-state index is 0.0630. The maximum atomic E-state index is 13.4. The molecule has 2 rings (SSSR count). The first-order valence-corrected chi connectivity index (χ1v) is 6.28. The van der Waals surface area contributed by atoms with Crippen molar-refractivity contribution in [2.75, 3.05) is 0 Å². The van der Waals surface area contributed by atoms with Gasteiger partial charge in [-0.25, -0.2) is 4.39 Å². The van der Waals surface area contributed by atoms with Gasteiger partial charge in [-0.1, -0.05) is 6.92 Å². The molecule has 0 radical (unpaired) electrons. The van der Waals surface area contributed by atoms with Crippen molar-refractivity contribution in [1.82, 2.24) is 14.8 Å². The third-order valence-corrected chi connectivity index (χ3v) is 3.12. The Morgan fingerprint density at radius 2 is 2.26 bits per heavy atom. The standard InChI is InChI=1S/C14H16FN3O/c1-3-10(2)18-7-5-11(17-18)8-14(19)12-4-6-16-9-13(12)15/h4-7,9-10H,3,8H2,1-2H3. The maximum Gasteiger partial charge on any atom is 0.171 e. The van der Waals surface area contributed by atoms with Gasteiger partial charge in [-0.05, 0) is 25.5 Å². The zero-order valence-corrected chi connectivity index (χ0v) is 11.0. The molecule has 0 aliphatic rings. The summed E-state index contributed by atoms with van der Waals surface area (Å²) in [5, 5.41) is 4.33. The number of hydrogen-bond donors (Lipinski definition) is 0. The summed E-state index contributed by atoms with van der Waals surface area (Å²) in [6.45, 7) is 4.13. The Balaban J connectivity index is 2.11. The van der Waals surface area contributed by atoms with Gasteiger partial charge in [0.25, 0.3) is 0 Å². The van der Waals surface area contributed by atoms with Crippen LogP contribution in [0.5, 0.6) is 0 Å². The number of aromatic nitrogens is 3. The Bertz CT molecular complexity index is 580. The second-order valence-electron chi connectivity index (χ2n) is 4.50. The molecule has 0 saturated carbocycles. The first kappa shape index (κ1) is 13.4. The molecular weight excluding hydrogens is 245 g/mol. The highest BCUT2D eigenvalue weighted by Gasteiger charge is 2.14. The van der Waals surface area contributed by atoms with Crippen LogP contribution >= 0.6 is 0 Å². The predicted molar refractivity (Wildman–Crippen MR) is 69.5 cm³/mol. The summed E-state index contributed by atoms with van der Waals surface area (Å²) in [5.74, 6) is -0.872. The molecular formula is C14H16FN3O. The van der Waals surface area contributed by atoms with Crippen molar-refractivity contribution >= 4 is 5.78 Å². The molecule has 0 aliphatic heterocycles. The third-order valence-electron chi connectivity index (χ3n) is 3.12. The molecule has 1 atom stereocenters. The number of nitrogens with zero attached hydrogens (tertiary/aromatic N) is 3. The van der Waals surface area contributed by atoms with E-state index in [1.807, 2.05) is 10.9 Å². The molecule has 0 aliphatic carbocycles. The number of pyridine rings is 1. The highest BCUT2D eigenvalue weighted by molar-refractivity contribution is 5.97. The Morgan fingerprint density at radius 1 is 1.47 bits per heavy atom. The molecule has 0 amide bonds. The van der Waals surface area contributed by atoms with Crippen LogP contribution in [0.1, 0.15) is 42.4 Å². The summed E-state index contributed by atoms with van der Waals surface area (Å²) < 4.78 is 15.2. The van der Waals surface area contributed by atoms with Gasteiger partial charge >= 0.3 is 0 Å². The van der Waals surface area contributed by atoms with Gasteiger partial charge in [0.05, 0.1) is 23.9 Å². The summed E-state index contributed by atoms with van der Waals surface area (Å²) in [6.07, 6.45) is 5.37. The fraction of sp³-hybridized carbons (Fsp3) is 0.357. The Morgan fingerprint density at radius 3 is 2.95 bits per heavy atom. The Hall–Kier alpha value is -2.04. The highest BCUT2D eigenvalue weighted by atomic mass is 19.1. The minimum atomic E-state index is -0.589. The Labute approximate surface area is 111 Å². The zero-order valence-electron chi connectivity index (χ0n) is 11.0. The van der Waals surface area contributed by atoms with Gasteiger partial charge in [0, 0.05) is 18.4 Å². The fourth-order valence-corrected chi connectivity index (χ4v) is 1.77. The monoisotopic (exact) mass is 261 g/mol. The summed E-state index contributed by atoms with van der Waals surface area (Å²) in [7, 11) is 0. The molecule has 0 fully saturated rings. The van der Waals surface area contributed by atoms with Crippen LogP contribution in [-0.4, -0.2) is 20.5 Å². The first-order chi connectivity index (χ1) is 9.11. The van der Waals surface area contributed by atoms with Crippen LogP contribution in [-0.2, 0) is 6.42 Å². The van der Waals surface area contributed by atoms with E-state index in [0.717, 1.165) is 12.6 Å². The Kier molecular flexibility index (Phi) is 4.04. The van der Waals surface area contributed by atoms with Crippen molar-refractivity contribution in [2.24, 2.45) is 0 Å². The summed E-state index contributed by atoms with van der Waals surface area (Å²) in [6, 6.07) is 3.48. The summed E-state index contributed by atoms with van der Waals surface area (Å²) >= 11 is 0. The molecule has 2 aromatic heterocycles. The molecule has 0 aromatic carbocycles. The molecule has 0 bridgehead atoms. The normalized spacial score (nSPS) is 12.4. The van der Waals surface area contributed by atoms with Gasteiger partial charge in [0.2, 0.25) is 0 Å². The summed E-state index contributed by atoms with van der Waals surface area (Å²) in [4.78, 5) is 15.6. The fourth-order valence-electron chi connectivity index (χ4n) is 1.77. The SMILES string of the molecule is CCC(C)n1ccc(CC(=O)c2ccncc2F)n1. The van der Waals surface area contributed by atoms with Crippen molar-refractivity contribution in [2.45, 2.75) is 32.7 Å². The van der Waals surface area contributed by atoms with Gasteiger partial charge in [-0.3, -0.25) is 14.5 Å². The van der Waals surface area contributed by atoms with E-state index in [1.165, 1.54) is 12.3 Å².